The summed E-state index contributed by atoms with van der Waals surface area (Å²) in [7, 11) is -3.71. The molecule has 1 atom stereocenters. The lowest BCUT2D eigenvalue weighted by atomic mass is 9.90. The molecule has 2 heterocycles. The number of sulfonamides is 1. The smallest absolute Gasteiger partial charge is 0.270 e. The molecule has 0 bridgehead atoms. The Bertz CT molecular complexity index is 1130. The number of nitrogens with zero attached hydrogens (tertiary/aromatic N) is 1. The van der Waals surface area contributed by atoms with Crippen LogP contribution in [0.3, 0.4) is 0 Å². The summed E-state index contributed by atoms with van der Waals surface area (Å²) in [6.45, 7) is 6.92. The second-order valence-electron chi connectivity index (χ2n) is 9.69. The number of rotatable bonds is 8. The summed E-state index contributed by atoms with van der Waals surface area (Å²) >= 11 is 0. The molecule has 1 aromatic carbocycles. The highest BCUT2D eigenvalue weighted by Crippen LogP contribution is 2.20. The molecule has 1 aliphatic heterocycles. The lowest BCUT2D eigenvalue weighted by molar-refractivity contribution is -0.118. The monoisotopic (exact) mass is 505 g/mol. The number of carbonyl (C=O) groups is 2. The maximum absolute atomic E-state index is 13.2. The van der Waals surface area contributed by atoms with Crippen LogP contribution in [0.15, 0.2) is 47.5 Å². The van der Waals surface area contributed by atoms with Gasteiger partial charge >= 0.3 is 0 Å². The van der Waals surface area contributed by atoms with Crippen molar-refractivity contribution in [2.24, 2.45) is 5.92 Å². The first-order valence-corrected chi connectivity index (χ1v) is 13.0. The van der Waals surface area contributed by atoms with E-state index in [0.717, 1.165) is 38.2 Å². The van der Waals surface area contributed by atoms with Crippen LogP contribution < -0.4 is 20.7 Å². The molecule has 190 valence electrons. The quantitative estimate of drug-likeness (QED) is 0.436. The normalized spacial score (nSPS) is 15.9. The topological polar surface area (TPSA) is 129 Å². The van der Waals surface area contributed by atoms with Gasteiger partial charge in [-0.3, -0.25) is 9.59 Å². The summed E-state index contributed by atoms with van der Waals surface area (Å²) in [4.78, 5) is 29.7. The maximum atomic E-state index is 13.2. The highest BCUT2D eigenvalue weighted by molar-refractivity contribution is 7.89. The summed E-state index contributed by atoms with van der Waals surface area (Å²) in [6.07, 6.45) is 3.13. The van der Waals surface area contributed by atoms with Gasteiger partial charge in [0.2, 0.25) is 15.9 Å². The van der Waals surface area contributed by atoms with E-state index in [4.69, 9.17) is 0 Å². The van der Waals surface area contributed by atoms with Crippen LogP contribution in [-0.2, 0) is 14.8 Å². The molecule has 0 spiro atoms. The molecule has 11 heteroatoms. The van der Waals surface area contributed by atoms with Crippen LogP contribution in [0.25, 0.3) is 0 Å². The molecule has 4 N–H and O–H groups in total. The summed E-state index contributed by atoms with van der Waals surface area (Å²) < 4.78 is 40.8. The van der Waals surface area contributed by atoms with E-state index >= 15 is 0 Å². The fraction of sp³-hybridized carbons (Fsp3) is 0.458. The van der Waals surface area contributed by atoms with Gasteiger partial charge < -0.3 is 16.0 Å². The minimum Gasteiger partial charge on any atom is -0.339 e. The number of hydrogen-bond donors (Lipinski definition) is 4. The number of anilines is 1. The third kappa shape index (κ3) is 8.08. The molecule has 1 fully saturated rings. The Balaban J connectivity index is 1.72. The van der Waals surface area contributed by atoms with Gasteiger partial charge in [-0.15, -0.1) is 0 Å². The van der Waals surface area contributed by atoms with Crippen molar-refractivity contribution in [2.45, 2.75) is 56.5 Å². The first-order chi connectivity index (χ1) is 16.4. The van der Waals surface area contributed by atoms with Crippen LogP contribution in [0.5, 0.6) is 0 Å². The van der Waals surface area contributed by atoms with E-state index in [0.29, 0.717) is 12.1 Å². The Kier molecular flexibility index (Phi) is 8.57. The Labute approximate surface area is 205 Å². The van der Waals surface area contributed by atoms with Crippen molar-refractivity contribution in [3.05, 3.63) is 54.1 Å². The van der Waals surface area contributed by atoms with Gasteiger partial charge in [0.25, 0.3) is 5.91 Å². The van der Waals surface area contributed by atoms with Crippen LogP contribution >= 0.6 is 0 Å². The van der Waals surface area contributed by atoms with Gasteiger partial charge in [-0.2, -0.15) is 0 Å². The number of hydrogen-bond acceptors (Lipinski definition) is 6. The molecule has 9 nitrogen and oxygen atoms in total. The van der Waals surface area contributed by atoms with Crippen molar-refractivity contribution in [3.8, 4) is 0 Å². The predicted octanol–water partition coefficient (Wildman–Crippen LogP) is 2.42. The fourth-order valence-corrected chi connectivity index (χ4v) is 5.25. The van der Waals surface area contributed by atoms with E-state index in [2.05, 4.69) is 25.7 Å². The van der Waals surface area contributed by atoms with Crippen LogP contribution in [0.2, 0.25) is 0 Å². The Morgan fingerprint density at radius 1 is 1.11 bits per heavy atom. The van der Waals surface area contributed by atoms with Crippen LogP contribution in [-0.4, -0.2) is 49.9 Å². The van der Waals surface area contributed by atoms with E-state index in [1.807, 2.05) is 0 Å². The zero-order valence-electron chi connectivity index (χ0n) is 20.1. The third-order valence-corrected chi connectivity index (χ3v) is 7.26. The molecule has 35 heavy (non-hydrogen) atoms. The van der Waals surface area contributed by atoms with Crippen molar-refractivity contribution in [3.63, 3.8) is 0 Å². The van der Waals surface area contributed by atoms with Crippen molar-refractivity contribution >= 4 is 27.5 Å². The molecule has 0 saturated carbocycles. The molecular weight excluding hydrogens is 473 g/mol. The number of pyridine rings is 1. The van der Waals surface area contributed by atoms with Crippen molar-refractivity contribution in [1.82, 2.24) is 20.3 Å². The highest BCUT2D eigenvalue weighted by Gasteiger charge is 2.27. The highest BCUT2D eigenvalue weighted by atomic mass is 32.2. The molecule has 1 aliphatic rings. The second kappa shape index (κ2) is 11.2. The average molecular weight is 506 g/mol. The van der Waals surface area contributed by atoms with Crippen molar-refractivity contribution in [2.75, 3.05) is 18.4 Å². The van der Waals surface area contributed by atoms with Gasteiger partial charge in [-0.1, -0.05) is 0 Å². The third-order valence-electron chi connectivity index (χ3n) is 5.48. The molecule has 1 saturated heterocycles. The van der Waals surface area contributed by atoms with Gasteiger partial charge in [0.15, 0.2) is 0 Å². The molecular formula is C24H32FN5O4S. The first kappa shape index (κ1) is 26.7. The van der Waals surface area contributed by atoms with Gasteiger partial charge in [-0.05, 0) is 95.4 Å². The SMILES string of the molecule is CC(C)(C)NS(=O)(=O)c1ccc(NC(=O)C(CC2CCNCC2)NC(=O)c2ccc(F)cn2)cc1. The molecule has 1 aromatic heterocycles. The number of piperidine rings is 1. The number of benzene rings is 1. The Hall–Kier alpha value is -2.89. The lowest BCUT2D eigenvalue weighted by Gasteiger charge is -2.27. The molecule has 1 unspecified atom stereocenters. The zero-order valence-corrected chi connectivity index (χ0v) is 20.9. The molecule has 2 aromatic rings. The zero-order chi connectivity index (χ0) is 25.6. The number of halogens is 1. The van der Waals surface area contributed by atoms with E-state index in [1.54, 1.807) is 20.8 Å². The summed E-state index contributed by atoms with van der Waals surface area (Å²) in [5.74, 6) is -1.32. The van der Waals surface area contributed by atoms with Gasteiger partial charge in [0, 0.05) is 11.2 Å². The van der Waals surface area contributed by atoms with Crippen LogP contribution in [0.4, 0.5) is 10.1 Å². The Morgan fingerprint density at radius 3 is 2.34 bits per heavy atom. The summed E-state index contributed by atoms with van der Waals surface area (Å²) in [5.41, 5.74) is -0.227. The maximum Gasteiger partial charge on any atom is 0.270 e. The van der Waals surface area contributed by atoms with E-state index < -0.39 is 39.2 Å². The minimum atomic E-state index is -3.71. The largest absolute Gasteiger partial charge is 0.339 e. The second-order valence-corrected chi connectivity index (χ2v) is 11.4. The average Bonchev–Trinajstić information content (AvgIpc) is 2.78. The van der Waals surface area contributed by atoms with Gasteiger partial charge in [0.05, 0.1) is 11.1 Å². The Morgan fingerprint density at radius 2 is 1.77 bits per heavy atom. The number of carbonyl (C=O) groups excluding carboxylic acids is 2. The van der Waals surface area contributed by atoms with Gasteiger partial charge in [-0.25, -0.2) is 22.5 Å². The molecule has 0 aliphatic carbocycles. The van der Waals surface area contributed by atoms with Crippen molar-refractivity contribution in [1.29, 1.82) is 0 Å². The van der Waals surface area contributed by atoms with Crippen molar-refractivity contribution < 1.29 is 22.4 Å². The predicted molar refractivity (Wildman–Crippen MR) is 131 cm³/mol. The summed E-state index contributed by atoms with van der Waals surface area (Å²) in [5, 5.41) is 8.75. The molecule has 3 rings (SSSR count). The minimum absolute atomic E-state index is 0.00965. The van der Waals surface area contributed by atoms with Crippen LogP contribution in [0, 0.1) is 11.7 Å². The van der Waals surface area contributed by atoms with Crippen LogP contribution in [0.1, 0.15) is 50.5 Å². The van der Waals surface area contributed by atoms with E-state index in [1.165, 1.54) is 30.3 Å². The number of nitrogens with one attached hydrogen (secondary N) is 4. The van der Waals surface area contributed by atoms with Gasteiger partial charge in [0.1, 0.15) is 17.6 Å². The molecule has 2 amide bonds. The number of aromatic nitrogens is 1. The van der Waals surface area contributed by atoms with E-state index in [-0.39, 0.29) is 16.5 Å². The van der Waals surface area contributed by atoms with E-state index in [9.17, 15) is 22.4 Å². The summed E-state index contributed by atoms with van der Waals surface area (Å²) in [6, 6.07) is 7.37. The molecule has 0 radical (unpaired) electrons. The number of amides is 2. The first-order valence-electron chi connectivity index (χ1n) is 11.5. The lowest BCUT2D eigenvalue weighted by Crippen LogP contribution is -2.46. The standard InChI is InChI=1S/C24H32FN5O4S/c1-24(2,3)30-35(33,34)19-7-5-18(6-8-19)28-23(32)21(14-16-10-12-26-13-11-16)29-22(31)20-9-4-17(25)15-27-20/h4-9,15-16,21,26,30H,10-14H2,1-3H3,(H,28,32)(H,29,31). The fourth-order valence-electron chi connectivity index (χ4n) is 3.83.